The number of carbonyl (C=O) groups excluding carboxylic acids is 2. The highest BCUT2D eigenvalue weighted by Crippen LogP contribution is 2.11. The van der Waals surface area contributed by atoms with Gasteiger partial charge in [0.05, 0.1) is 0 Å². The van der Waals surface area contributed by atoms with Gasteiger partial charge in [-0.2, -0.15) is 0 Å². The molecule has 0 atom stereocenters. The van der Waals surface area contributed by atoms with Crippen LogP contribution in [0.2, 0.25) is 0 Å². The summed E-state index contributed by atoms with van der Waals surface area (Å²) in [6.07, 6.45) is 7.30. The van der Waals surface area contributed by atoms with Crippen LogP contribution in [0.1, 0.15) is 53.4 Å². The van der Waals surface area contributed by atoms with Crippen molar-refractivity contribution in [2.24, 2.45) is 0 Å². The highest BCUT2D eigenvalue weighted by atomic mass is 16.5. The molecule has 0 spiro atoms. The Bertz CT molecular complexity index is 414. The summed E-state index contributed by atoms with van der Waals surface area (Å²) in [5, 5.41) is 0. The first-order chi connectivity index (χ1) is 9.32. The molecule has 0 saturated carbocycles. The molecule has 0 bridgehead atoms. The Hall–Kier alpha value is -1.64. The monoisotopic (exact) mass is 278 g/mol. The summed E-state index contributed by atoms with van der Waals surface area (Å²) in [6, 6.07) is 0. The molecule has 112 valence electrons. The lowest BCUT2D eigenvalue weighted by atomic mass is 10.0. The molecule has 0 saturated heterocycles. The molecule has 0 heterocycles. The van der Waals surface area contributed by atoms with E-state index >= 15 is 0 Å². The molecule has 0 fully saturated rings. The van der Waals surface area contributed by atoms with Gasteiger partial charge in [0.2, 0.25) is 0 Å². The lowest BCUT2D eigenvalue weighted by Crippen LogP contribution is -1.98. The van der Waals surface area contributed by atoms with Crippen molar-refractivity contribution in [1.82, 2.24) is 0 Å². The van der Waals surface area contributed by atoms with E-state index in [-0.39, 0.29) is 11.8 Å². The molecule has 0 aliphatic carbocycles. The van der Waals surface area contributed by atoms with Crippen LogP contribution in [0, 0.1) is 0 Å². The number of carbonyl (C=O) groups is 2. The fourth-order valence-electron chi connectivity index (χ4n) is 1.58. The molecular weight excluding hydrogens is 252 g/mol. The molecule has 3 heteroatoms. The van der Waals surface area contributed by atoms with Crippen molar-refractivity contribution >= 4 is 11.8 Å². The van der Waals surface area contributed by atoms with E-state index in [1.165, 1.54) is 18.1 Å². The second-order valence-corrected chi connectivity index (χ2v) is 5.15. The van der Waals surface area contributed by atoms with Gasteiger partial charge in [0, 0.05) is 13.3 Å². The van der Waals surface area contributed by atoms with Crippen LogP contribution in [0.15, 0.2) is 35.5 Å². The van der Waals surface area contributed by atoms with Gasteiger partial charge >= 0.3 is 5.97 Å². The van der Waals surface area contributed by atoms with Crippen LogP contribution >= 0.6 is 0 Å². The molecule has 0 aromatic carbocycles. The summed E-state index contributed by atoms with van der Waals surface area (Å²) in [6.45, 7) is 11.2. The maximum absolute atomic E-state index is 11.4. The summed E-state index contributed by atoms with van der Waals surface area (Å²) in [4.78, 5) is 22.0. The van der Waals surface area contributed by atoms with Crippen LogP contribution in [0.3, 0.4) is 0 Å². The van der Waals surface area contributed by atoms with Gasteiger partial charge in [-0.25, -0.2) is 0 Å². The van der Waals surface area contributed by atoms with E-state index in [0.717, 1.165) is 19.3 Å². The van der Waals surface area contributed by atoms with Crippen molar-refractivity contribution in [2.75, 3.05) is 6.61 Å². The third-order valence-electron chi connectivity index (χ3n) is 2.97. The zero-order valence-electron chi connectivity index (χ0n) is 13.1. The number of esters is 1. The van der Waals surface area contributed by atoms with Crippen LogP contribution in [0.25, 0.3) is 0 Å². The van der Waals surface area contributed by atoms with Crippen molar-refractivity contribution < 1.29 is 14.3 Å². The minimum Gasteiger partial charge on any atom is -0.462 e. The van der Waals surface area contributed by atoms with Crippen molar-refractivity contribution in [3.05, 3.63) is 35.5 Å². The van der Waals surface area contributed by atoms with E-state index in [4.69, 9.17) is 4.74 Å². The van der Waals surface area contributed by atoms with Crippen molar-refractivity contribution in [3.8, 4) is 0 Å². The lowest BCUT2D eigenvalue weighted by Gasteiger charge is -2.03. The van der Waals surface area contributed by atoms with Gasteiger partial charge in [-0.15, -0.1) is 0 Å². The summed E-state index contributed by atoms with van der Waals surface area (Å²) in [7, 11) is 0. The van der Waals surface area contributed by atoms with Gasteiger partial charge in [-0.3, -0.25) is 9.59 Å². The number of hydrogen-bond donors (Lipinski definition) is 0. The van der Waals surface area contributed by atoms with Crippen LogP contribution in [-0.2, 0) is 14.3 Å². The van der Waals surface area contributed by atoms with Gasteiger partial charge in [0.1, 0.15) is 6.61 Å². The topological polar surface area (TPSA) is 43.4 Å². The normalized spacial score (nSPS) is 12.2. The summed E-state index contributed by atoms with van der Waals surface area (Å²) in [5.41, 5.74) is 3.06. The zero-order valence-corrected chi connectivity index (χ0v) is 13.1. The van der Waals surface area contributed by atoms with E-state index in [1.54, 1.807) is 6.92 Å². The molecule has 0 N–H and O–H groups in total. The maximum atomic E-state index is 11.4. The Balaban J connectivity index is 3.95. The second kappa shape index (κ2) is 10.2. The molecule has 0 aliphatic rings. The largest absolute Gasteiger partial charge is 0.462 e. The van der Waals surface area contributed by atoms with E-state index in [2.05, 4.69) is 12.7 Å². The molecule has 0 aromatic rings. The van der Waals surface area contributed by atoms with Gasteiger partial charge in [0.15, 0.2) is 5.78 Å². The van der Waals surface area contributed by atoms with Gasteiger partial charge in [0.25, 0.3) is 0 Å². The highest BCUT2D eigenvalue weighted by molar-refractivity contribution is 5.94. The average Bonchev–Trinajstić information content (AvgIpc) is 2.35. The van der Waals surface area contributed by atoms with Gasteiger partial charge in [-0.05, 0) is 51.7 Å². The summed E-state index contributed by atoms with van der Waals surface area (Å²) >= 11 is 0. The Morgan fingerprint density at radius 2 is 1.55 bits per heavy atom. The minimum atomic E-state index is -0.257. The lowest BCUT2D eigenvalue weighted by molar-refractivity contribution is -0.139. The van der Waals surface area contributed by atoms with E-state index in [0.29, 0.717) is 18.6 Å². The summed E-state index contributed by atoms with van der Waals surface area (Å²) in [5.74, 6) is -0.123. The third kappa shape index (κ3) is 10.3. The molecule has 3 nitrogen and oxygen atoms in total. The van der Waals surface area contributed by atoms with Crippen LogP contribution < -0.4 is 0 Å². The van der Waals surface area contributed by atoms with Crippen LogP contribution in [0.4, 0.5) is 0 Å². The highest BCUT2D eigenvalue weighted by Gasteiger charge is 2.02. The maximum Gasteiger partial charge on any atom is 0.302 e. The number of ketones is 1. The first-order valence-electron chi connectivity index (χ1n) is 6.96. The molecule has 0 rings (SSSR count). The molecule has 0 radical (unpaired) electrons. The molecular formula is C17H26O3. The van der Waals surface area contributed by atoms with Crippen molar-refractivity contribution in [1.29, 1.82) is 0 Å². The quantitative estimate of drug-likeness (QED) is 0.361. The van der Waals surface area contributed by atoms with Crippen molar-refractivity contribution in [3.63, 3.8) is 0 Å². The van der Waals surface area contributed by atoms with Crippen LogP contribution in [0.5, 0.6) is 0 Å². The number of ether oxygens (including phenoxy) is 1. The fraction of sp³-hybridized carbons (Fsp3) is 0.529. The van der Waals surface area contributed by atoms with E-state index < -0.39 is 0 Å². The molecule has 0 aliphatic heterocycles. The van der Waals surface area contributed by atoms with Gasteiger partial charge in [-0.1, -0.05) is 23.8 Å². The predicted molar refractivity (Wildman–Crippen MR) is 82.4 cm³/mol. The fourth-order valence-corrected chi connectivity index (χ4v) is 1.58. The zero-order chi connectivity index (χ0) is 15.5. The second-order valence-electron chi connectivity index (χ2n) is 5.15. The smallest absolute Gasteiger partial charge is 0.302 e. The first kappa shape index (κ1) is 18.4. The number of Topliss-reactive ketones (excluding diaryl/α,β-unsaturated/α-hetero) is 1. The number of allylic oxidation sites excluding steroid dienone is 4. The Labute approximate surface area is 122 Å². The standard InChI is InChI=1S/C17H26O3/c1-13(2)17(19)10-9-14(3)7-6-8-15(4)11-12-20-16(5)18/h7,11H,1,6,8-10,12H2,2-5H3/b14-7+,15-11-. The first-order valence-corrected chi connectivity index (χ1v) is 6.96. The molecule has 0 aromatic heterocycles. The van der Waals surface area contributed by atoms with E-state index in [9.17, 15) is 9.59 Å². The Morgan fingerprint density at radius 3 is 2.10 bits per heavy atom. The van der Waals surface area contributed by atoms with Crippen LogP contribution in [-0.4, -0.2) is 18.4 Å². The number of rotatable bonds is 9. The molecule has 0 amide bonds. The Kier molecular flexibility index (Phi) is 9.35. The SMILES string of the molecule is C=C(C)C(=O)CC/C(C)=C/CC/C(C)=C\COC(C)=O. The third-order valence-corrected chi connectivity index (χ3v) is 2.97. The molecule has 20 heavy (non-hydrogen) atoms. The Morgan fingerprint density at radius 1 is 0.950 bits per heavy atom. The minimum absolute atomic E-state index is 0.134. The van der Waals surface area contributed by atoms with E-state index in [1.807, 2.05) is 19.9 Å². The van der Waals surface area contributed by atoms with Gasteiger partial charge < -0.3 is 4.74 Å². The predicted octanol–water partition coefficient (Wildman–Crippen LogP) is 4.15. The number of hydrogen-bond acceptors (Lipinski definition) is 3. The summed E-state index contributed by atoms with van der Waals surface area (Å²) < 4.78 is 4.85. The molecule has 0 unspecified atom stereocenters. The van der Waals surface area contributed by atoms with Crippen molar-refractivity contribution in [2.45, 2.75) is 53.4 Å². The average molecular weight is 278 g/mol.